The predicted octanol–water partition coefficient (Wildman–Crippen LogP) is 7.97. The Morgan fingerprint density at radius 2 is 1.80 bits per heavy atom. The van der Waals surface area contributed by atoms with Crippen LogP contribution in [-0.2, 0) is 33.2 Å². The van der Waals surface area contributed by atoms with Gasteiger partial charge in [0.05, 0.1) is 48.7 Å². The first-order chi connectivity index (χ1) is 25.6. The summed E-state index contributed by atoms with van der Waals surface area (Å²) < 4.78 is 39.0. The van der Waals surface area contributed by atoms with Gasteiger partial charge < -0.3 is 38.6 Å². The summed E-state index contributed by atoms with van der Waals surface area (Å²) in [4.78, 5) is 12.6. The fraction of sp³-hybridized carbons (Fsp3) is 0.860. The third-order valence-corrected chi connectivity index (χ3v) is 13.5. The normalized spacial score (nSPS) is 38.4. The molecule has 0 aromatic carbocycles. The van der Waals surface area contributed by atoms with Crippen LogP contribution in [0, 0.1) is 30.6 Å². The van der Waals surface area contributed by atoms with E-state index in [0.29, 0.717) is 25.2 Å². The fourth-order valence-corrected chi connectivity index (χ4v) is 10.2. The van der Waals surface area contributed by atoms with Crippen molar-refractivity contribution in [3.05, 3.63) is 29.1 Å². The lowest BCUT2D eigenvalue weighted by Gasteiger charge is -2.54. The Balaban J connectivity index is 1.37. The number of methoxy groups -OCH3 is 1. The van der Waals surface area contributed by atoms with E-state index in [1.165, 1.54) is 7.11 Å². The monoisotopic (exact) mass is 761 g/mol. The molecule has 0 unspecified atom stereocenters. The molecule has 0 saturated carbocycles. The molecule has 308 valence electrons. The SMILES string of the molecule is CCCCC[C@@H](O[C@@H](C)O)[C@]1(C)CC[C@@]2(O[C@]3(C=C[C@H]2O)O[C@H]([C@@H](CC)c2n[nH]c([C@H](C)[C@@H]4O[C@@H]([C@@H](CC)C(=O)OC)CC[C@@H]4C)c2C)[C@@H](C)C[C@H]3C)O1. The summed E-state index contributed by atoms with van der Waals surface area (Å²) >= 11 is 0. The van der Waals surface area contributed by atoms with Gasteiger partial charge in [-0.2, -0.15) is 5.10 Å². The number of rotatable bonds is 15. The Morgan fingerprint density at radius 1 is 1.06 bits per heavy atom. The van der Waals surface area contributed by atoms with Crippen LogP contribution in [0.3, 0.4) is 0 Å². The third-order valence-electron chi connectivity index (χ3n) is 13.5. The van der Waals surface area contributed by atoms with Crippen molar-refractivity contribution in [3.63, 3.8) is 0 Å². The van der Waals surface area contributed by atoms with Gasteiger partial charge in [-0.1, -0.05) is 67.7 Å². The molecular weight excluding hydrogens is 688 g/mol. The average molecular weight is 761 g/mol. The minimum Gasteiger partial charge on any atom is -0.469 e. The van der Waals surface area contributed by atoms with Gasteiger partial charge in [-0.3, -0.25) is 9.89 Å². The van der Waals surface area contributed by atoms with Gasteiger partial charge in [0.1, 0.15) is 6.10 Å². The van der Waals surface area contributed by atoms with Crippen LogP contribution in [0.4, 0.5) is 0 Å². The first-order valence-corrected chi connectivity index (χ1v) is 21.2. The van der Waals surface area contributed by atoms with E-state index in [9.17, 15) is 15.0 Å². The van der Waals surface area contributed by atoms with Crippen molar-refractivity contribution in [2.75, 3.05) is 7.11 Å². The number of hydrogen-bond donors (Lipinski definition) is 3. The van der Waals surface area contributed by atoms with E-state index >= 15 is 0 Å². The van der Waals surface area contributed by atoms with Crippen LogP contribution in [-0.4, -0.2) is 87.5 Å². The highest BCUT2D eigenvalue weighted by Crippen LogP contribution is 2.54. The largest absolute Gasteiger partial charge is 0.469 e. The molecule has 1 aromatic heterocycles. The zero-order valence-electron chi connectivity index (χ0n) is 35.1. The first kappa shape index (κ1) is 43.3. The number of aliphatic hydroxyl groups excluding tert-OH is 2. The molecule has 11 heteroatoms. The molecule has 15 atom stereocenters. The standard InChI is InChI=1S/C43H72N2O9/c1-12-15-16-17-35(50-30(9)46)41(10)22-23-43(53-41)34(47)20-21-42(54-43)27(6)24-26(5)39(52-42)32(14-3)37-28(7)36(44-45-37)29(8)38-25(4)18-19-33(51-38)31(13-2)40(48)49-11/h20-21,25-27,29-35,38-39,46-47H,12-19,22-24H2,1-11H3,(H,44,45)/t25-,26-,27+,29-,30-,31+,32-,33+,34+,35+,38+,39-,41-,42-,43-/m0/s1. The molecule has 2 spiro atoms. The Labute approximate surface area is 324 Å². The third kappa shape index (κ3) is 8.53. The van der Waals surface area contributed by atoms with Crippen molar-refractivity contribution in [1.82, 2.24) is 10.2 Å². The number of nitrogens with one attached hydrogen (secondary N) is 1. The molecule has 11 nitrogen and oxygen atoms in total. The quantitative estimate of drug-likeness (QED) is 0.0698. The van der Waals surface area contributed by atoms with Crippen molar-refractivity contribution in [3.8, 4) is 0 Å². The number of carbonyl (C=O) groups is 1. The number of ether oxygens (including phenoxy) is 6. The van der Waals surface area contributed by atoms with Crippen molar-refractivity contribution < 1.29 is 43.4 Å². The van der Waals surface area contributed by atoms with Gasteiger partial charge in [-0.15, -0.1) is 0 Å². The van der Waals surface area contributed by atoms with Gasteiger partial charge in [0.15, 0.2) is 12.1 Å². The number of hydrogen-bond acceptors (Lipinski definition) is 10. The molecule has 5 rings (SSSR count). The second-order valence-electron chi connectivity index (χ2n) is 17.5. The molecule has 3 saturated heterocycles. The van der Waals surface area contributed by atoms with E-state index < -0.39 is 29.6 Å². The van der Waals surface area contributed by atoms with Crippen molar-refractivity contribution in [1.29, 1.82) is 0 Å². The summed E-state index contributed by atoms with van der Waals surface area (Å²) in [6.45, 7) is 21.0. The number of aliphatic hydroxyl groups is 2. The Morgan fingerprint density at radius 3 is 2.44 bits per heavy atom. The first-order valence-electron chi connectivity index (χ1n) is 21.2. The van der Waals surface area contributed by atoms with Gasteiger partial charge in [0.25, 0.3) is 0 Å². The number of aromatic nitrogens is 2. The highest BCUT2D eigenvalue weighted by atomic mass is 16.8. The number of esters is 1. The van der Waals surface area contributed by atoms with Crippen LogP contribution in [0.1, 0.15) is 162 Å². The Hall–Kier alpha value is -1.86. The summed E-state index contributed by atoms with van der Waals surface area (Å²) in [5.74, 6) is -2.32. The average Bonchev–Trinajstić information content (AvgIpc) is 3.69. The zero-order chi connectivity index (χ0) is 39.6. The van der Waals surface area contributed by atoms with Crippen LogP contribution in [0.15, 0.2) is 12.2 Å². The van der Waals surface area contributed by atoms with Crippen LogP contribution in [0.25, 0.3) is 0 Å². The van der Waals surface area contributed by atoms with Gasteiger partial charge >= 0.3 is 5.97 Å². The molecular formula is C43H72N2O9. The molecule has 0 radical (unpaired) electrons. The van der Waals surface area contributed by atoms with Gasteiger partial charge in [0.2, 0.25) is 5.79 Å². The molecule has 1 aromatic rings. The summed E-state index contributed by atoms with van der Waals surface area (Å²) in [6.07, 6.45) is 10.1. The fourth-order valence-electron chi connectivity index (χ4n) is 10.2. The van der Waals surface area contributed by atoms with Crippen molar-refractivity contribution in [2.24, 2.45) is 23.7 Å². The Bertz CT molecular complexity index is 1420. The molecule has 0 aliphatic carbocycles. The minimum absolute atomic E-state index is 0.00270. The number of nitrogens with zero attached hydrogens (tertiary/aromatic N) is 1. The molecule has 3 fully saturated rings. The van der Waals surface area contributed by atoms with Crippen LogP contribution in [0.2, 0.25) is 0 Å². The Kier molecular flexibility index (Phi) is 14.2. The number of aromatic amines is 1. The number of H-pyrrole nitrogens is 1. The number of unbranched alkanes of at least 4 members (excludes halogenated alkanes) is 2. The van der Waals surface area contributed by atoms with Crippen molar-refractivity contribution >= 4 is 5.97 Å². The molecule has 54 heavy (non-hydrogen) atoms. The van der Waals surface area contributed by atoms with Crippen LogP contribution in [0.5, 0.6) is 0 Å². The topological polar surface area (TPSA) is 142 Å². The summed E-state index contributed by atoms with van der Waals surface area (Å²) in [6, 6.07) is 0. The molecule has 3 N–H and O–H groups in total. The van der Waals surface area contributed by atoms with E-state index in [0.717, 1.165) is 68.3 Å². The maximum absolute atomic E-state index is 12.6. The minimum atomic E-state index is -1.31. The second kappa shape index (κ2) is 17.7. The number of carbonyl (C=O) groups excluding carboxylic acids is 1. The maximum atomic E-state index is 12.6. The van der Waals surface area contributed by atoms with Crippen LogP contribution >= 0.6 is 0 Å². The van der Waals surface area contributed by atoms with E-state index in [1.807, 2.05) is 19.9 Å². The lowest BCUT2D eigenvalue weighted by Crippen LogP contribution is -2.62. The van der Waals surface area contributed by atoms with Gasteiger partial charge in [-0.05, 0) is 95.3 Å². The second-order valence-corrected chi connectivity index (χ2v) is 17.5. The summed E-state index contributed by atoms with van der Waals surface area (Å²) in [5.41, 5.74) is 2.40. The van der Waals surface area contributed by atoms with Gasteiger partial charge in [0, 0.05) is 29.9 Å². The predicted molar refractivity (Wildman–Crippen MR) is 207 cm³/mol. The smallest absolute Gasteiger partial charge is 0.311 e. The molecule has 5 heterocycles. The molecule has 4 aliphatic rings. The molecule has 4 aliphatic heterocycles. The van der Waals surface area contributed by atoms with Gasteiger partial charge in [-0.25, -0.2) is 0 Å². The van der Waals surface area contributed by atoms with Crippen molar-refractivity contribution in [2.45, 2.75) is 206 Å². The maximum Gasteiger partial charge on any atom is 0.311 e. The lowest BCUT2D eigenvalue weighted by molar-refractivity contribution is -0.407. The van der Waals surface area contributed by atoms with E-state index in [4.69, 9.17) is 33.5 Å². The summed E-state index contributed by atoms with van der Waals surface area (Å²) in [7, 11) is 1.45. The van der Waals surface area contributed by atoms with Crippen LogP contribution < -0.4 is 0 Å². The molecule has 0 amide bonds. The highest BCUT2D eigenvalue weighted by Gasteiger charge is 2.62. The van der Waals surface area contributed by atoms with E-state index in [2.05, 4.69) is 53.6 Å². The van der Waals surface area contributed by atoms with E-state index in [1.54, 1.807) is 13.0 Å². The summed E-state index contributed by atoms with van der Waals surface area (Å²) in [5, 5.41) is 30.2. The van der Waals surface area contributed by atoms with E-state index in [-0.39, 0.29) is 60.0 Å². The zero-order valence-corrected chi connectivity index (χ0v) is 35.1. The molecule has 0 bridgehead atoms. The highest BCUT2D eigenvalue weighted by molar-refractivity contribution is 5.72. The lowest BCUT2D eigenvalue weighted by atomic mass is 9.76.